The molecule has 0 saturated heterocycles. The van der Waals surface area contributed by atoms with Gasteiger partial charge in [0.25, 0.3) is 0 Å². The van der Waals surface area contributed by atoms with Crippen LogP contribution in [0.15, 0.2) is 66.1 Å². The van der Waals surface area contributed by atoms with Gasteiger partial charge in [0, 0.05) is 24.6 Å². The third-order valence-electron chi connectivity index (χ3n) is 5.92. The third kappa shape index (κ3) is 3.90. The molecule has 0 bridgehead atoms. The van der Waals surface area contributed by atoms with Crippen molar-refractivity contribution in [2.45, 2.75) is 32.2 Å². The summed E-state index contributed by atoms with van der Waals surface area (Å²) in [7, 11) is 0. The minimum absolute atomic E-state index is 0.155. The Bertz CT molecular complexity index is 1140. The first kappa shape index (κ1) is 21.0. The van der Waals surface area contributed by atoms with Gasteiger partial charge in [-0.3, -0.25) is 9.48 Å². The standard InChI is InChI=1S/C25H25F2N3O/c1-4-11-29-15-22(30-25(17(29)3)16(2)23(31)14-28-30)24(18-7-5-9-20(26)12-18)19-8-6-10-21(27)13-19/h5-10,12-14,22,24H,3-4,11,15H2,1-2H3. The smallest absolute Gasteiger partial charge is 0.203 e. The van der Waals surface area contributed by atoms with Crippen molar-refractivity contribution in [2.75, 3.05) is 13.1 Å². The Balaban J connectivity index is 1.96. The molecule has 3 aromatic rings. The summed E-state index contributed by atoms with van der Waals surface area (Å²) in [5.41, 5.74) is 3.29. The van der Waals surface area contributed by atoms with Crippen LogP contribution in [-0.4, -0.2) is 27.8 Å². The predicted molar refractivity (Wildman–Crippen MR) is 118 cm³/mol. The van der Waals surface area contributed by atoms with Crippen molar-refractivity contribution in [3.63, 3.8) is 0 Å². The molecule has 1 atom stereocenters. The van der Waals surface area contributed by atoms with E-state index in [1.807, 2.05) is 16.8 Å². The van der Waals surface area contributed by atoms with Crippen LogP contribution in [0.1, 0.15) is 47.7 Å². The zero-order valence-corrected chi connectivity index (χ0v) is 17.7. The molecule has 0 saturated carbocycles. The lowest BCUT2D eigenvalue weighted by Gasteiger charge is -2.42. The second-order valence-electron chi connectivity index (χ2n) is 7.97. The monoisotopic (exact) mass is 421 g/mol. The molecular weight excluding hydrogens is 396 g/mol. The van der Waals surface area contributed by atoms with Gasteiger partial charge in [-0.05, 0) is 48.7 Å². The Morgan fingerprint density at radius 1 is 1.13 bits per heavy atom. The molecule has 31 heavy (non-hydrogen) atoms. The number of halogens is 2. The molecule has 0 amide bonds. The Hall–Kier alpha value is -3.28. The van der Waals surface area contributed by atoms with E-state index in [2.05, 4.69) is 23.5 Å². The summed E-state index contributed by atoms with van der Waals surface area (Å²) >= 11 is 0. The van der Waals surface area contributed by atoms with E-state index in [1.54, 1.807) is 19.1 Å². The zero-order chi connectivity index (χ0) is 22.1. The maximum Gasteiger partial charge on any atom is 0.203 e. The van der Waals surface area contributed by atoms with Gasteiger partial charge in [-0.2, -0.15) is 5.10 Å². The number of nitrogens with zero attached hydrogens (tertiary/aromatic N) is 3. The van der Waals surface area contributed by atoms with Gasteiger partial charge in [0.1, 0.15) is 11.6 Å². The first-order valence-electron chi connectivity index (χ1n) is 10.4. The molecule has 0 N–H and O–H groups in total. The number of hydrogen-bond donors (Lipinski definition) is 0. The molecular formula is C25H25F2N3O. The molecule has 2 aromatic carbocycles. The Morgan fingerprint density at radius 3 is 2.29 bits per heavy atom. The lowest BCUT2D eigenvalue weighted by atomic mass is 9.83. The Morgan fingerprint density at radius 2 is 1.74 bits per heavy atom. The van der Waals surface area contributed by atoms with Crippen LogP contribution in [-0.2, 0) is 0 Å². The topological polar surface area (TPSA) is 38.1 Å². The van der Waals surface area contributed by atoms with Gasteiger partial charge < -0.3 is 4.90 Å². The van der Waals surface area contributed by atoms with Gasteiger partial charge in [0.2, 0.25) is 5.43 Å². The molecule has 0 radical (unpaired) electrons. The quantitative estimate of drug-likeness (QED) is 0.588. The van der Waals surface area contributed by atoms with Crippen molar-refractivity contribution in [1.29, 1.82) is 0 Å². The van der Waals surface area contributed by atoms with Gasteiger partial charge in [-0.15, -0.1) is 0 Å². The van der Waals surface area contributed by atoms with Gasteiger partial charge in [-0.25, -0.2) is 8.78 Å². The molecule has 1 aliphatic rings. The number of benzene rings is 2. The van der Waals surface area contributed by atoms with E-state index < -0.39 is 0 Å². The molecule has 4 rings (SSSR count). The lowest BCUT2D eigenvalue weighted by molar-refractivity contribution is 0.254. The summed E-state index contributed by atoms with van der Waals surface area (Å²) in [4.78, 5) is 14.5. The molecule has 0 fully saturated rings. The SMILES string of the molecule is C=C1c2c(C)c(=O)cnn2C(C(c2cccc(F)c2)c2cccc(F)c2)CN1CCC. The van der Waals surface area contributed by atoms with Gasteiger partial charge in [0.05, 0.1) is 23.6 Å². The Kier molecular flexibility index (Phi) is 5.72. The molecule has 0 spiro atoms. The molecule has 1 aliphatic heterocycles. The fourth-order valence-corrected chi connectivity index (χ4v) is 4.50. The molecule has 160 valence electrons. The van der Waals surface area contributed by atoms with E-state index in [0.717, 1.165) is 29.8 Å². The molecule has 2 heterocycles. The Labute approximate surface area is 180 Å². The molecule has 4 nitrogen and oxygen atoms in total. The van der Waals surface area contributed by atoms with E-state index in [4.69, 9.17) is 0 Å². The number of fused-ring (bicyclic) bond motifs is 1. The number of aromatic nitrogens is 2. The average Bonchev–Trinajstić information content (AvgIpc) is 2.74. The van der Waals surface area contributed by atoms with Crippen LogP contribution in [0.3, 0.4) is 0 Å². The second kappa shape index (κ2) is 8.46. The number of hydrogen-bond acceptors (Lipinski definition) is 3. The minimum atomic E-state index is -0.369. The van der Waals surface area contributed by atoms with Crippen LogP contribution in [0.4, 0.5) is 8.78 Å². The normalized spacial score (nSPS) is 16.0. The second-order valence-corrected chi connectivity index (χ2v) is 7.97. The van der Waals surface area contributed by atoms with Crippen LogP contribution >= 0.6 is 0 Å². The molecule has 1 unspecified atom stereocenters. The van der Waals surface area contributed by atoms with E-state index in [1.165, 1.54) is 30.5 Å². The fourth-order valence-electron chi connectivity index (χ4n) is 4.50. The van der Waals surface area contributed by atoms with Crippen LogP contribution in [0.25, 0.3) is 5.70 Å². The summed E-state index contributed by atoms with van der Waals surface area (Å²) in [6.07, 6.45) is 2.21. The van der Waals surface area contributed by atoms with E-state index in [9.17, 15) is 13.6 Å². The first-order chi connectivity index (χ1) is 14.9. The fraction of sp³-hybridized carbons (Fsp3) is 0.280. The molecule has 1 aromatic heterocycles. The highest BCUT2D eigenvalue weighted by molar-refractivity contribution is 5.63. The van der Waals surface area contributed by atoms with Crippen molar-refractivity contribution in [3.8, 4) is 0 Å². The number of rotatable bonds is 5. The van der Waals surface area contributed by atoms with Crippen molar-refractivity contribution in [2.24, 2.45) is 0 Å². The average molecular weight is 421 g/mol. The summed E-state index contributed by atoms with van der Waals surface area (Å²) in [5.74, 6) is -1.07. The first-order valence-corrected chi connectivity index (χ1v) is 10.4. The van der Waals surface area contributed by atoms with Gasteiger partial charge in [-0.1, -0.05) is 37.8 Å². The van der Waals surface area contributed by atoms with Crippen LogP contribution in [0, 0.1) is 18.6 Å². The molecule has 0 aliphatic carbocycles. The maximum atomic E-state index is 14.2. The van der Waals surface area contributed by atoms with Crippen LogP contribution < -0.4 is 5.43 Å². The van der Waals surface area contributed by atoms with Crippen molar-refractivity contribution < 1.29 is 8.78 Å². The maximum absolute atomic E-state index is 14.2. The summed E-state index contributed by atoms with van der Waals surface area (Å²) < 4.78 is 30.2. The summed E-state index contributed by atoms with van der Waals surface area (Å²) in [6, 6.07) is 12.5. The highest BCUT2D eigenvalue weighted by Crippen LogP contribution is 2.41. The lowest BCUT2D eigenvalue weighted by Crippen LogP contribution is -2.42. The minimum Gasteiger partial charge on any atom is -0.368 e. The summed E-state index contributed by atoms with van der Waals surface area (Å²) in [6.45, 7) is 9.40. The van der Waals surface area contributed by atoms with E-state index in [-0.39, 0.29) is 29.0 Å². The third-order valence-corrected chi connectivity index (χ3v) is 5.92. The zero-order valence-electron chi connectivity index (χ0n) is 17.7. The van der Waals surface area contributed by atoms with Crippen LogP contribution in [0.2, 0.25) is 0 Å². The highest BCUT2D eigenvalue weighted by atomic mass is 19.1. The van der Waals surface area contributed by atoms with Crippen molar-refractivity contribution in [3.05, 3.63) is 106 Å². The van der Waals surface area contributed by atoms with Crippen molar-refractivity contribution >= 4 is 5.70 Å². The summed E-state index contributed by atoms with van der Waals surface area (Å²) in [5, 5.41) is 4.45. The van der Waals surface area contributed by atoms with Gasteiger partial charge in [0.15, 0.2) is 0 Å². The van der Waals surface area contributed by atoms with Crippen LogP contribution in [0.5, 0.6) is 0 Å². The van der Waals surface area contributed by atoms with Crippen molar-refractivity contribution in [1.82, 2.24) is 14.7 Å². The largest absolute Gasteiger partial charge is 0.368 e. The van der Waals surface area contributed by atoms with Gasteiger partial charge >= 0.3 is 0 Å². The molecule has 6 heteroatoms. The van der Waals surface area contributed by atoms with E-state index in [0.29, 0.717) is 17.8 Å². The predicted octanol–water partition coefficient (Wildman–Crippen LogP) is 4.90. The highest BCUT2D eigenvalue weighted by Gasteiger charge is 2.36. The van der Waals surface area contributed by atoms with E-state index >= 15 is 0 Å².